The highest BCUT2D eigenvalue weighted by Crippen LogP contribution is 2.21. The minimum Gasteiger partial charge on any atom is -0.313 e. The molecule has 2 aromatic rings. The fraction of sp³-hybridized carbons (Fsp3) is 0.0833. The van der Waals surface area contributed by atoms with E-state index in [1.807, 2.05) is 12.1 Å². The molecule has 0 spiro atoms. The fourth-order valence-corrected chi connectivity index (χ4v) is 2.10. The summed E-state index contributed by atoms with van der Waals surface area (Å²) < 4.78 is 0. The van der Waals surface area contributed by atoms with Crippen molar-refractivity contribution < 1.29 is 4.79 Å². The number of nitrogens with zero attached hydrogens (tertiary/aromatic N) is 2. The fourth-order valence-electron chi connectivity index (χ4n) is 1.29. The molecule has 2 rings (SSSR count). The Morgan fingerprint density at radius 3 is 2.59 bits per heavy atom. The number of hydrogen-bond acceptors (Lipinski definition) is 5. The van der Waals surface area contributed by atoms with Crippen LogP contribution in [0.3, 0.4) is 0 Å². The van der Waals surface area contributed by atoms with Gasteiger partial charge in [0.25, 0.3) is 0 Å². The summed E-state index contributed by atoms with van der Waals surface area (Å²) in [5.74, 6) is -0.125. The molecule has 5 heteroatoms. The van der Waals surface area contributed by atoms with Crippen LogP contribution in [-0.4, -0.2) is 21.1 Å². The molecule has 0 fully saturated rings. The summed E-state index contributed by atoms with van der Waals surface area (Å²) in [6, 6.07) is 7.07. The predicted octanol–water partition coefficient (Wildman–Crippen LogP) is 1.74. The second-order valence-electron chi connectivity index (χ2n) is 3.33. The average molecular weight is 245 g/mol. The third-order valence-electron chi connectivity index (χ3n) is 2.12. The number of pyridine rings is 2. The lowest BCUT2D eigenvalue weighted by molar-refractivity contribution is 0.0990. The first-order valence-electron chi connectivity index (χ1n) is 5.04. The van der Waals surface area contributed by atoms with Crippen molar-refractivity contribution in [3.05, 3.63) is 54.6 Å². The first-order chi connectivity index (χ1) is 8.27. The molecule has 0 saturated heterocycles. The van der Waals surface area contributed by atoms with Crippen LogP contribution in [0, 0.1) is 0 Å². The molecule has 0 radical (unpaired) electrons. The number of rotatable bonds is 4. The molecule has 0 aliphatic rings. The standard InChI is InChI=1S/C12H11N3OS/c13-12(17-10-3-6-14-7-4-10)11(16)9-2-1-5-15-8-9/h1-8,12H,13H2. The van der Waals surface area contributed by atoms with Gasteiger partial charge >= 0.3 is 0 Å². The largest absolute Gasteiger partial charge is 0.313 e. The molecule has 0 saturated carbocycles. The number of hydrogen-bond donors (Lipinski definition) is 1. The van der Waals surface area contributed by atoms with Crippen molar-refractivity contribution in [1.29, 1.82) is 0 Å². The van der Waals surface area contributed by atoms with Gasteiger partial charge in [-0.05, 0) is 24.3 Å². The molecule has 86 valence electrons. The van der Waals surface area contributed by atoms with Crippen LogP contribution in [0.25, 0.3) is 0 Å². The lowest BCUT2D eigenvalue weighted by Gasteiger charge is -2.09. The molecule has 1 atom stereocenters. The van der Waals surface area contributed by atoms with E-state index in [-0.39, 0.29) is 5.78 Å². The SMILES string of the molecule is NC(Sc1ccncc1)C(=O)c1cccnc1. The van der Waals surface area contributed by atoms with Crippen molar-refractivity contribution in [3.8, 4) is 0 Å². The van der Waals surface area contributed by atoms with Crippen LogP contribution in [0.15, 0.2) is 53.9 Å². The summed E-state index contributed by atoms with van der Waals surface area (Å²) in [5.41, 5.74) is 6.38. The minimum atomic E-state index is -0.624. The molecule has 2 heterocycles. The number of thioether (sulfide) groups is 1. The van der Waals surface area contributed by atoms with Gasteiger partial charge in [-0.3, -0.25) is 14.8 Å². The topological polar surface area (TPSA) is 68.9 Å². The Labute approximate surface area is 103 Å². The Bertz CT molecular complexity index is 490. The van der Waals surface area contributed by atoms with Crippen molar-refractivity contribution in [2.75, 3.05) is 0 Å². The quantitative estimate of drug-likeness (QED) is 0.505. The van der Waals surface area contributed by atoms with Gasteiger partial charge in [0.2, 0.25) is 0 Å². The zero-order valence-corrected chi connectivity index (χ0v) is 9.80. The predicted molar refractivity (Wildman–Crippen MR) is 66.6 cm³/mol. The summed E-state index contributed by atoms with van der Waals surface area (Å²) in [4.78, 5) is 20.7. The van der Waals surface area contributed by atoms with Crippen LogP contribution in [0.2, 0.25) is 0 Å². The molecule has 0 aliphatic heterocycles. The maximum atomic E-state index is 11.9. The smallest absolute Gasteiger partial charge is 0.191 e. The molecule has 0 aromatic carbocycles. The van der Waals surface area contributed by atoms with Gasteiger partial charge in [-0.1, -0.05) is 11.8 Å². The monoisotopic (exact) mass is 245 g/mol. The Balaban J connectivity index is 2.06. The molecule has 0 aliphatic carbocycles. The average Bonchev–Trinajstić information content (AvgIpc) is 2.40. The third kappa shape index (κ3) is 3.12. The van der Waals surface area contributed by atoms with E-state index in [9.17, 15) is 4.79 Å². The van der Waals surface area contributed by atoms with E-state index in [1.54, 1.807) is 30.7 Å². The number of aromatic nitrogens is 2. The summed E-state index contributed by atoms with van der Waals surface area (Å²) in [6.07, 6.45) is 6.49. The molecule has 0 amide bonds. The van der Waals surface area contributed by atoms with Crippen LogP contribution < -0.4 is 5.73 Å². The van der Waals surface area contributed by atoms with E-state index in [0.717, 1.165) is 4.90 Å². The number of Topliss-reactive ketones (excluding diaryl/α,β-unsaturated/α-hetero) is 1. The highest BCUT2D eigenvalue weighted by molar-refractivity contribution is 8.00. The Morgan fingerprint density at radius 1 is 1.18 bits per heavy atom. The lowest BCUT2D eigenvalue weighted by atomic mass is 10.2. The number of nitrogens with two attached hydrogens (primary N) is 1. The minimum absolute atomic E-state index is 0.125. The Hall–Kier alpha value is -1.72. The van der Waals surface area contributed by atoms with Crippen LogP contribution >= 0.6 is 11.8 Å². The lowest BCUT2D eigenvalue weighted by Crippen LogP contribution is -2.26. The zero-order valence-electron chi connectivity index (χ0n) is 8.98. The van der Waals surface area contributed by atoms with Gasteiger partial charge in [-0.2, -0.15) is 0 Å². The second-order valence-corrected chi connectivity index (χ2v) is 4.54. The van der Waals surface area contributed by atoms with E-state index >= 15 is 0 Å². The highest BCUT2D eigenvalue weighted by atomic mass is 32.2. The first kappa shape index (κ1) is 11.8. The number of carbonyl (C=O) groups is 1. The van der Waals surface area contributed by atoms with Gasteiger partial charge in [0.1, 0.15) is 5.37 Å². The Kier molecular flexibility index (Phi) is 3.85. The summed E-state index contributed by atoms with van der Waals surface area (Å²) in [7, 11) is 0. The molecular weight excluding hydrogens is 234 g/mol. The van der Waals surface area contributed by atoms with Crippen LogP contribution in [0.1, 0.15) is 10.4 Å². The maximum Gasteiger partial charge on any atom is 0.191 e. The molecule has 4 nitrogen and oxygen atoms in total. The second kappa shape index (κ2) is 5.56. The van der Waals surface area contributed by atoms with Gasteiger partial charge in [0.15, 0.2) is 5.78 Å². The van der Waals surface area contributed by atoms with Crippen molar-refractivity contribution in [3.63, 3.8) is 0 Å². The molecule has 1 unspecified atom stereocenters. The molecule has 2 N–H and O–H groups in total. The van der Waals surface area contributed by atoms with Crippen molar-refractivity contribution >= 4 is 17.5 Å². The Morgan fingerprint density at radius 2 is 1.94 bits per heavy atom. The number of ketones is 1. The summed E-state index contributed by atoms with van der Waals surface area (Å²) in [6.45, 7) is 0. The molecular formula is C12H11N3OS. The maximum absolute atomic E-state index is 11.9. The van der Waals surface area contributed by atoms with Crippen LogP contribution in [0.4, 0.5) is 0 Å². The zero-order chi connectivity index (χ0) is 12.1. The van der Waals surface area contributed by atoms with Crippen molar-refractivity contribution in [1.82, 2.24) is 9.97 Å². The van der Waals surface area contributed by atoms with E-state index in [1.165, 1.54) is 18.0 Å². The highest BCUT2D eigenvalue weighted by Gasteiger charge is 2.16. The van der Waals surface area contributed by atoms with Gasteiger partial charge in [-0.15, -0.1) is 0 Å². The van der Waals surface area contributed by atoms with Crippen LogP contribution in [-0.2, 0) is 0 Å². The van der Waals surface area contributed by atoms with E-state index < -0.39 is 5.37 Å². The van der Waals surface area contributed by atoms with Crippen molar-refractivity contribution in [2.24, 2.45) is 5.73 Å². The van der Waals surface area contributed by atoms with Gasteiger partial charge in [0, 0.05) is 35.2 Å². The summed E-state index contributed by atoms with van der Waals surface area (Å²) in [5, 5.41) is -0.624. The first-order valence-corrected chi connectivity index (χ1v) is 5.92. The van der Waals surface area contributed by atoms with Gasteiger partial charge in [-0.25, -0.2) is 0 Å². The van der Waals surface area contributed by atoms with Gasteiger partial charge < -0.3 is 5.73 Å². The van der Waals surface area contributed by atoms with Gasteiger partial charge in [0.05, 0.1) is 0 Å². The van der Waals surface area contributed by atoms with E-state index in [4.69, 9.17) is 5.73 Å². The van der Waals surface area contributed by atoms with Crippen LogP contribution in [0.5, 0.6) is 0 Å². The van der Waals surface area contributed by atoms with Crippen molar-refractivity contribution in [2.45, 2.75) is 10.3 Å². The number of carbonyl (C=O) groups excluding carboxylic acids is 1. The van der Waals surface area contributed by atoms with E-state index in [2.05, 4.69) is 9.97 Å². The third-order valence-corrected chi connectivity index (χ3v) is 3.13. The molecule has 17 heavy (non-hydrogen) atoms. The normalized spacial score (nSPS) is 12.1. The molecule has 2 aromatic heterocycles. The summed E-state index contributed by atoms with van der Waals surface area (Å²) >= 11 is 1.31. The van der Waals surface area contributed by atoms with E-state index in [0.29, 0.717) is 5.56 Å². The molecule has 0 bridgehead atoms.